The zero-order valence-electron chi connectivity index (χ0n) is 13.6. The van der Waals surface area contributed by atoms with Gasteiger partial charge in [-0.25, -0.2) is 0 Å². The van der Waals surface area contributed by atoms with Crippen molar-refractivity contribution >= 4 is 28.8 Å². The molecule has 1 aliphatic rings. The Bertz CT molecular complexity index is 704. The molecule has 1 aromatic heterocycles. The van der Waals surface area contributed by atoms with Crippen LogP contribution in [0.1, 0.15) is 17.4 Å². The maximum Gasteiger partial charge on any atom is 0.257 e. The van der Waals surface area contributed by atoms with Crippen molar-refractivity contribution in [3.05, 3.63) is 51.2 Å². The molecule has 4 nitrogen and oxygen atoms in total. The monoisotopic (exact) mass is 364 g/mol. The van der Waals surface area contributed by atoms with Gasteiger partial charge < -0.3 is 10.1 Å². The molecule has 1 unspecified atom stereocenters. The summed E-state index contributed by atoms with van der Waals surface area (Å²) in [4.78, 5) is 15.9. The van der Waals surface area contributed by atoms with Gasteiger partial charge in [-0.1, -0.05) is 23.7 Å². The molecule has 0 saturated carbocycles. The van der Waals surface area contributed by atoms with E-state index in [-0.39, 0.29) is 12.5 Å². The second kappa shape index (κ2) is 8.01. The molecule has 2 heterocycles. The first-order chi connectivity index (χ1) is 11.6. The van der Waals surface area contributed by atoms with Gasteiger partial charge in [0, 0.05) is 30.6 Å². The third kappa shape index (κ3) is 4.29. The van der Waals surface area contributed by atoms with Crippen LogP contribution in [-0.4, -0.2) is 36.5 Å². The van der Waals surface area contributed by atoms with Crippen molar-refractivity contribution in [3.8, 4) is 5.75 Å². The van der Waals surface area contributed by atoms with Gasteiger partial charge in [-0.05, 0) is 42.5 Å². The summed E-state index contributed by atoms with van der Waals surface area (Å²) in [6, 6.07) is 9.65. The minimum atomic E-state index is -0.130. The van der Waals surface area contributed by atoms with E-state index in [2.05, 4.69) is 28.6 Å². The fourth-order valence-electron chi connectivity index (χ4n) is 2.79. The molecule has 1 amide bonds. The number of ether oxygens (including phenoxy) is 1. The number of para-hydroxylation sites is 1. The number of benzene rings is 1. The second-order valence-corrected chi connectivity index (χ2v) is 7.37. The first kappa shape index (κ1) is 17.3. The van der Waals surface area contributed by atoms with Gasteiger partial charge in [-0.15, -0.1) is 11.3 Å². The third-order valence-corrected chi connectivity index (χ3v) is 5.59. The molecule has 1 atom stereocenters. The molecule has 1 aromatic carbocycles. The Hall–Kier alpha value is -1.56. The van der Waals surface area contributed by atoms with E-state index in [1.54, 1.807) is 12.1 Å². The Labute approximate surface area is 151 Å². The highest BCUT2D eigenvalue weighted by Gasteiger charge is 2.21. The molecule has 0 radical (unpaired) electrons. The van der Waals surface area contributed by atoms with E-state index in [0.717, 1.165) is 19.5 Å². The van der Waals surface area contributed by atoms with Gasteiger partial charge in [0.1, 0.15) is 5.75 Å². The van der Waals surface area contributed by atoms with Crippen LogP contribution in [0.4, 0.5) is 0 Å². The number of hydrogen-bond donors (Lipinski definition) is 1. The fourth-order valence-corrected chi connectivity index (χ4v) is 3.87. The lowest BCUT2D eigenvalue weighted by atomic mass is 10.1. The predicted octanol–water partition coefficient (Wildman–Crippen LogP) is 3.34. The van der Waals surface area contributed by atoms with Crippen LogP contribution < -0.4 is 10.1 Å². The smallest absolute Gasteiger partial charge is 0.257 e. The summed E-state index contributed by atoms with van der Waals surface area (Å²) < 4.78 is 5.46. The van der Waals surface area contributed by atoms with Crippen LogP contribution in [0.2, 0.25) is 5.02 Å². The van der Waals surface area contributed by atoms with Crippen LogP contribution in [-0.2, 0) is 17.8 Å². The van der Waals surface area contributed by atoms with Crippen molar-refractivity contribution in [2.75, 3.05) is 19.7 Å². The number of halogens is 1. The molecule has 6 heteroatoms. The highest BCUT2D eigenvalue weighted by Crippen LogP contribution is 2.25. The topological polar surface area (TPSA) is 41.6 Å². The Morgan fingerprint density at radius 2 is 2.25 bits per heavy atom. The molecule has 3 rings (SSSR count). The molecule has 1 N–H and O–H groups in total. The second-order valence-electron chi connectivity index (χ2n) is 5.96. The molecular weight excluding hydrogens is 344 g/mol. The number of amides is 1. The average Bonchev–Trinajstić information content (AvgIpc) is 3.06. The average molecular weight is 365 g/mol. The molecule has 128 valence electrons. The number of carbonyl (C=O) groups is 1. The van der Waals surface area contributed by atoms with Crippen molar-refractivity contribution in [2.45, 2.75) is 25.9 Å². The molecule has 24 heavy (non-hydrogen) atoms. The van der Waals surface area contributed by atoms with Crippen LogP contribution in [0.15, 0.2) is 35.7 Å². The molecule has 0 bridgehead atoms. The summed E-state index contributed by atoms with van der Waals surface area (Å²) in [7, 11) is 0. The van der Waals surface area contributed by atoms with Gasteiger partial charge in [0.05, 0.1) is 5.02 Å². The Morgan fingerprint density at radius 1 is 1.42 bits per heavy atom. The minimum absolute atomic E-state index is 0.0227. The van der Waals surface area contributed by atoms with Gasteiger partial charge in [0.25, 0.3) is 5.91 Å². The lowest BCUT2D eigenvalue weighted by Gasteiger charge is -2.32. The Balaban J connectivity index is 1.42. The summed E-state index contributed by atoms with van der Waals surface area (Å²) in [6.07, 6.45) is 1.10. The third-order valence-electron chi connectivity index (χ3n) is 4.25. The number of carbonyl (C=O) groups excluding carboxylic acids is 1. The van der Waals surface area contributed by atoms with Crippen molar-refractivity contribution in [2.24, 2.45) is 0 Å². The number of hydrogen-bond acceptors (Lipinski definition) is 4. The molecule has 1 aliphatic heterocycles. The summed E-state index contributed by atoms with van der Waals surface area (Å²) in [5.74, 6) is 0.401. The predicted molar refractivity (Wildman–Crippen MR) is 97.9 cm³/mol. The molecule has 0 aliphatic carbocycles. The van der Waals surface area contributed by atoms with E-state index in [4.69, 9.17) is 16.3 Å². The van der Waals surface area contributed by atoms with E-state index >= 15 is 0 Å². The van der Waals surface area contributed by atoms with E-state index < -0.39 is 0 Å². The normalized spacial score (nSPS) is 15.6. The van der Waals surface area contributed by atoms with Gasteiger partial charge >= 0.3 is 0 Å². The van der Waals surface area contributed by atoms with E-state index in [1.165, 1.54) is 10.4 Å². The molecule has 2 aromatic rings. The van der Waals surface area contributed by atoms with Crippen molar-refractivity contribution < 1.29 is 9.53 Å². The Kier molecular flexibility index (Phi) is 5.76. The van der Waals surface area contributed by atoms with Gasteiger partial charge in [0.15, 0.2) is 6.61 Å². The zero-order chi connectivity index (χ0) is 16.9. The molecular formula is C18H21ClN2O2S. The Morgan fingerprint density at radius 3 is 3.08 bits per heavy atom. The number of nitrogens with one attached hydrogen (secondary N) is 1. The van der Waals surface area contributed by atoms with Gasteiger partial charge in [-0.2, -0.15) is 0 Å². The highest BCUT2D eigenvalue weighted by atomic mass is 35.5. The minimum Gasteiger partial charge on any atom is -0.482 e. The standard InChI is InChI=1S/C18H21ClN2O2S/c1-13(21-8-6-17-14(11-21)7-9-24-17)10-20-18(22)12-23-16-5-3-2-4-15(16)19/h2-5,7,9,13H,6,8,10-12H2,1H3,(H,20,22). The molecule has 0 spiro atoms. The fraction of sp³-hybridized carbons (Fsp3) is 0.389. The van der Waals surface area contributed by atoms with Crippen LogP contribution in [0.25, 0.3) is 0 Å². The van der Waals surface area contributed by atoms with Crippen molar-refractivity contribution in [3.63, 3.8) is 0 Å². The van der Waals surface area contributed by atoms with Crippen LogP contribution >= 0.6 is 22.9 Å². The summed E-state index contributed by atoms with van der Waals surface area (Å²) >= 11 is 7.85. The molecule has 0 fully saturated rings. The maximum absolute atomic E-state index is 12.0. The number of nitrogens with zero attached hydrogens (tertiary/aromatic N) is 1. The number of thiophene rings is 1. The maximum atomic E-state index is 12.0. The van der Waals surface area contributed by atoms with E-state index in [9.17, 15) is 4.79 Å². The van der Waals surface area contributed by atoms with E-state index in [1.807, 2.05) is 23.5 Å². The summed E-state index contributed by atoms with van der Waals surface area (Å²) in [5, 5.41) is 5.61. The van der Waals surface area contributed by atoms with Crippen LogP contribution in [0.3, 0.4) is 0 Å². The first-order valence-electron chi connectivity index (χ1n) is 8.07. The van der Waals surface area contributed by atoms with Crippen LogP contribution in [0, 0.1) is 0 Å². The van der Waals surface area contributed by atoms with Crippen LogP contribution in [0.5, 0.6) is 5.75 Å². The van der Waals surface area contributed by atoms with E-state index in [0.29, 0.717) is 23.4 Å². The van der Waals surface area contributed by atoms with Crippen molar-refractivity contribution in [1.29, 1.82) is 0 Å². The van der Waals surface area contributed by atoms with Crippen molar-refractivity contribution in [1.82, 2.24) is 10.2 Å². The number of rotatable bonds is 6. The highest BCUT2D eigenvalue weighted by molar-refractivity contribution is 7.10. The number of fused-ring (bicyclic) bond motifs is 1. The lowest BCUT2D eigenvalue weighted by molar-refractivity contribution is -0.123. The van der Waals surface area contributed by atoms with Gasteiger partial charge in [-0.3, -0.25) is 9.69 Å². The SMILES string of the molecule is CC(CNC(=O)COc1ccccc1Cl)N1CCc2sccc2C1. The molecule has 0 saturated heterocycles. The first-order valence-corrected chi connectivity index (χ1v) is 9.32. The quantitative estimate of drug-likeness (QED) is 0.854. The summed E-state index contributed by atoms with van der Waals surface area (Å²) in [6.45, 7) is 4.74. The largest absolute Gasteiger partial charge is 0.482 e. The van der Waals surface area contributed by atoms with Gasteiger partial charge in [0.2, 0.25) is 0 Å². The zero-order valence-corrected chi connectivity index (χ0v) is 15.2. The summed E-state index contributed by atoms with van der Waals surface area (Å²) in [5.41, 5.74) is 1.42. The lowest BCUT2D eigenvalue weighted by Crippen LogP contribution is -2.45.